The molecule has 0 spiro atoms. The number of benzene rings is 1. The van der Waals surface area contributed by atoms with Crippen molar-refractivity contribution < 1.29 is 14.3 Å². The van der Waals surface area contributed by atoms with Crippen LogP contribution < -0.4 is 4.74 Å². The van der Waals surface area contributed by atoms with E-state index in [1.54, 1.807) is 30.7 Å². The Morgan fingerprint density at radius 2 is 1.96 bits per heavy atom. The lowest BCUT2D eigenvalue weighted by Gasteiger charge is -2.13. The van der Waals surface area contributed by atoms with Gasteiger partial charge in [-0.15, -0.1) is 0 Å². The number of carbonyl (C=O) groups is 1. The molecule has 6 heteroatoms. The van der Waals surface area contributed by atoms with Gasteiger partial charge < -0.3 is 9.47 Å². The van der Waals surface area contributed by atoms with Gasteiger partial charge in [0.2, 0.25) is 0 Å². The molecule has 3 aromatic rings. The van der Waals surface area contributed by atoms with Crippen molar-refractivity contribution in [2.45, 2.75) is 26.7 Å². The van der Waals surface area contributed by atoms with E-state index in [1.165, 1.54) is 0 Å². The van der Waals surface area contributed by atoms with Gasteiger partial charge in [-0.05, 0) is 24.5 Å². The minimum Gasteiger partial charge on any atom is -0.468 e. The Morgan fingerprint density at radius 1 is 1.20 bits per heavy atom. The number of nitrogens with zero attached hydrogens (tertiary/aromatic N) is 3. The largest absolute Gasteiger partial charge is 0.468 e. The van der Waals surface area contributed by atoms with Crippen molar-refractivity contribution in [3.63, 3.8) is 0 Å². The fourth-order valence-electron chi connectivity index (χ4n) is 2.80. The van der Waals surface area contributed by atoms with Crippen molar-refractivity contribution in [1.82, 2.24) is 14.4 Å². The summed E-state index contributed by atoms with van der Waals surface area (Å²) in [5.41, 5.74) is 2.93. The minimum atomic E-state index is -0.408. The third-order valence-corrected chi connectivity index (χ3v) is 3.98. The summed E-state index contributed by atoms with van der Waals surface area (Å²) in [6.45, 7) is 6.32. The van der Waals surface area contributed by atoms with Crippen LogP contribution in [0.1, 0.15) is 42.6 Å². The second kappa shape index (κ2) is 6.93. The van der Waals surface area contributed by atoms with E-state index >= 15 is 0 Å². The van der Waals surface area contributed by atoms with Crippen molar-refractivity contribution in [3.05, 3.63) is 47.7 Å². The van der Waals surface area contributed by atoms with Crippen molar-refractivity contribution in [2.75, 3.05) is 13.7 Å². The topological polar surface area (TPSA) is 65.7 Å². The van der Waals surface area contributed by atoms with Crippen LogP contribution in [0, 0.1) is 0 Å². The molecule has 0 aliphatic heterocycles. The number of esters is 1. The summed E-state index contributed by atoms with van der Waals surface area (Å²) in [7, 11) is 1.55. The summed E-state index contributed by atoms with van der Waals surface area (Å²) >= 11 is 0. The monoisotopic (exact) mass is 339 g/mol. The zero-order chi connectivity index (χ0) is 18.0. The second-order valence-electron chi connectivity index (χ2n) is 5.92. The number of carbonyl (C=O) groups excluding carboxylic acids is 1. The van der Waals surface area contributed by atoms with E-state index in [4.69, 9.17) is 9.47 Å². The summed E-state index contributed by atoms with van der Waals surface area (Å²) in [5, 5.41) is 0. The van der Waals surface area contributed by atoms with Gasteiger partial charge in [-0.3, -0.25) is 4.40 Å². The van der Waals surface area contributed by atoms with Crippen molar-refractivity contribution in [1.29, 1.82) is 0 Å². The van der Waals surface area contributed by atoms with E-state index in [0.29, 0.717) is 35.6 Å². The summed E-state index contributed by atoms with van der Waals surface area (Å²) in [6, 6.07) is 10.0. The van der Waals surface area contributed by atoms with E-state index in [-0.39, 0.29) is 0 Å². The van der Waals surface area contributed by atoms with Gasteiger partial charge in [0.1, 0.15) is 5.56 Å². The van der Waals surface area contributed by atoms with Crippen LogP contribution in [-0.4, -0.2) is 34.1 Å². The van der Waals surface area contributed by atoms with E-state index in [0.717, 1.165) is 11.1 Å². The normalized spacial score (nSPS) is 11.1. The molecule has 25 heavy (non-hydrogen) atoms. The van der Waals surface area contributed by atoms with E-state index in [2.05, 4.69) is 29.9 Å². The summed E-state index contributed by atoms with van der Waals surface area (Å²) < 4.78 is 12.2. The molecular weight excluding hydrogens is 318 g/mol. The molecule has 0 saturated carbocycles. The molecule has 0 aliphatic carbocycles. The molecule has 0 radical (unpaired) electrons. The molecule has 1 aromatic carbocycles. The van der Waals surface area contributed by atoms with Gasteiger partial charge in [0.05, 0.1) is 13.7 Å². The molecule has 0 amide bonds. The standard InChI is InChI=1S/C19H21N3O3/c1-5-25-18(23)15-10-11-22-17(15)20-16(21-19(22)24-4)14-9-7-6-8-13(14)12(2)3/h6-12H,5H2,1-4H3. The van der Waals surface area contributed by atoms with Gasteiger partial charge in [-0.2, -0.15) is 4.98 Å². The average molecular weight is 339 g/mol. The van der Waals surface area contributed by atoms with Crippen LogP contribution in [-0.2, 0) is 4.74 Å². The molecule has 130 valence electrons. The molecule has 0 aliphatic rings. The number of ether oxygens (including phenoxy) is 2. The predicted octanol–water partition coefficient (Wildman–Crippen LogP) is 3.71. The van der Waals surface area contributed by atoms with Crippen molar-refractivity contribution in [2.24, 2.45) is 0 Å². The molecule has 0 N–H and O–H groups in total. The molecule has 3 rings (SSSR count). The highest BCUT2D eigenvalue weighted by Crippen LogP contribution is 2.29. The van der Waals surface area contributed by atoms with Crippen LogP contribution in [0.25, 0.3) is 17.0 Å². The first-order valence-corrected chi connectivity index (χ1v) is 8.26. The molecule has 6 nitrogen and oxygen atoms in total. The zero-order valence-electron chi connectivity index (χ0n) is 14.8. The van der Waals surface area contributed by atoms with Gasteiger partial charge in [-0.1, -0.05) is 38.1 Å². The maximum atomic E-state index is 12.2. The Morgan fingerprint density at radius 3 is 2.64 bits per heavy atom. The van der Waals surface area contributed by atoms with Crippen LogP contribution in [0.3, 0.4) is 0 Å². The third kappa shape index (κ3) is 3.07. The maximum Gasteiger partial charge on any atom is 0.341 e. The Labute approximate surface area is 146 Å². The lowest BCUT2D eigenvalue weighted by Crippen LogP contribution is -2.08. The number of hydrogen-bond acceptors (Lipinski definition) is 5. The van der Waals surface area contributed by atoms with Crippen LogP contribution in [0.4, 0.5) is 0 Å². The highest BCUT2D eigenvalue weighted by Gasteiger charge is 2.19. The smallest absolute Gasteiger partial charge is 0.341 e. The number of fused-ring (bicyclic) bond motifs is 1. The zero-order valence-corrected chi connectivity index (χ0v) is 14.8. The first-order valence-electron chi connectivity index (χ1n) is 8.26. The number of aromatic nitrogens is 3. The molecule has 0 bridgehead atoms. The molecule has 0 atom stereocenters. The fraction of sp³-hybridized carbons (Fsp3) is 0.316. The predicted molar refractivity (Wildman–Crippen MR) is 95.0 cm³/mol. The molecule has 0 saturated heterocycles. The Bertz CT molecular complexity index is 915. The number of rotatable bonds is 5. The van der Waals surface area contributed by atoms with E-state index < -0.39 is 5.97 Å². The first kappa shape index (κ1) is 17.0. The Kier molecular flexibility index (Phi) is 4.70. The van der Waals surface area contributed by atoms with Crippen LogP contribution >= 0.6 is 0 Å². The Balaban J connectivity index is 2.24. The van der Waals surface area contributed by atoms with Gasteiger partial charge in [-0.25, -0.2) is 9.78 Å². The van der Waals surface area contributed by atoms with Gasteiger partial charge in [0, 0.05) is 11.8 Å². The maximum absolute atomic E-state index is 12.2. The van der Waals surface area contributed by atoms with Gasteiger partial charge >= 0.3 is 12.0 Å². The molecule has 2 aromatic heterocycles. The summed E-state index contributed by atoms with van der Waals surface area (Å²) in [4.78, 5) is 21.4. The molecule has 0 fully saturated rings. The van der Waals surface area contributed by atoms with Crippen LogP contribution in [0.2, 0.25) is 0 Å². The van der Waals surface area contributed by atoms with E-state index in [1.807, 2.05) is 18.2 Å². The highest BCUT2D eigenvalue weighted by atomic mass is 16.5. The summed E-state index contributed by atoms with van der Waals surface area (Å²) in [5.74, 6) is 0.435. The highest BCUT2D eigenvalue weighted by molar-refractivity contribution is 5.96. The summed E-state index contributed by atoms with van der Waals surface area (Å²) in [6.07, 6.45) is 1.71. The first-order chi connectivity index (χ1) is 12.1. The van der Waals surface area contributed by atoms with Crippen molar-refractivity contribution >= 4 is 11.6 Å². The third-order valence-electron chi connectivity index (χ3n) is 3.98. The fourth-order valence-corrected chi connectivity index (χ4v) is 2.80. The van der Waals surface area contributed by atoms with Crippen LogP contribution in [0.5, 0.6) is 6.01 Å². The van der Waals surface area contributed by atoms with Gasteiger partial charge in [0.15, 0.2) is 11.5 Å². The molecule has 2 heterocycles. The van der Waals surface area contributed by atoms with E-state index in [9.17, 15) is 4.79 Å². The van der Waals surface area contributed by atoms with Crippen LogP contribution in [0.15, 0.2) is 36.5 Å². The lowest BCUT2D eigenvalue weighted by molar-refractivity contribution is 0.0528. The molecular formula is C19H21N3O3. The number of hydrogen-bond donors (Lipinski definition) is 0. The van der Waals surface area contributed by atoms with Gasteiger partial charge in [0.25, 0.3) is 0 Å². The number of methoxy groups -OCH3 is 1. The quantitative estimate of drug-likeness (QED) is 0.663. The lowest BCUT2D eigenvalue weighted by atomic mass is 9.97. The van der Waals surface area contributed by atoms with Crippen molar-refractivity contribution in [3.8, 4) is 17.4 Å². The average Bonchev–Trinajstić information content (AvgIpc) is 3.05. The molecule has 0 unspecified atom stereocenters. The SMILES string of the molecule is CCOC(=O)c1ccn2c(OC)nc(-c3ccccc3C(C)C)nc12. The minimum absolute atomic E-state index is 0.307. The Hall–Kier alpha value is -2.89. The second-order valence-corrected chi connectivity index (χ2v) is 5.92.